The van der Waals surface area contributed by atoms with E-state index in [4.69, 9.17) is 39.8 Å². The van der Waals surface area contributed by atoms with Gasteiger partial charge in [0.05, 0.1) is 17.4 Å². The first-order valence-electron chi connectivity index (χ1n) is 5.63. The highest BCUT2D eigenvalue weighted by Gasteiger charge is 2.41. The van der Waals surface area contributed by atoms with Gasteiger partial charge in [-0.2, -0.15) is 0 Å². The molecule has 2 aliphatic carbocycles. The van der Waals surface area contributed by atoms with Gasteiger partial charge in [-0.15, -0.1) is 0 Å². The fraction of sp³-hybridized carbons (Fsp3) is 0.182. The van der Waals surface area contributed by atoms with E-state index >= 15 is 0 Å². The first-order valence-corrected chi connectivity index (χ1v) is 5.63. The van der Waals surface area contributed by atoms with Crippen LogP contribution >= 0.6 is 0 Å². The van der Waals surface area contributed by atoms with Crippen molar-refractivity contribution < 1.29 is 9.59 Å². The number of nitrogens with one attached hydrogen (secondary N) is 1. The molecule has 0 fully saturated rings. The fourth-order valence-corrected chi connectivity index (χ4v) is 2.21. The molecule has 20 heavy (non-hydrogen) atoms. The zero-order chi connectivity index (χ0) is 15.4. The predicted molar refractivity (Wildman–Crippen MR) is 71.5 cm³/mol. The van der Waals surface area contributed by atoms with Crippen LogP contribution in [0.2, 0.25) is 0 Å². The number of ketones is 2. The molecule has 0 aromatic rings. The van der Waals surface area contributed by atoms with Gasteiger partial charge in [-0.25, -0.2) is 0 Å². The molecule has 106 valence electrons. The lowest BCUT2D eigenvalue weighted by atomic mass is 9.88. The molecule has 2 atom stereocenters. The molecule has 0 saturated heterocycles. The maximum Gasteiger partial charge on any atom is 0.230 e. The zero-order valence-corrected chi connectivity index (χ0v) is 10.4. The van der Waals surface area contributed by atoms with Crippen LogP contribution in [0.25, 0.3) is 0 Å². The molecule has 2 unspecified atom stereocenters. The minimum Gasteiger partial charge on any atom is -0.400 e. The summed E-state index contributed by atoms with van der Waals surface area (Å²) >= 11 is 0. The van der Waals surface area contributed by atoms with Crippen LogP contribution in [0.5, 0.6) is 0 Å². The molecule has 0 aromatic heterocycles. The number of carbonyl (C=O) groups excluding carboxylic acids is 2. The molecule has 0 heterocycles. The van der Waals surface area contributed by atoms with Crippen molar-refractivity contribution in [3.8, 4) is 0 Å². The van der Waals surface area contributed by atoms with Gasteiger partial charge >= 0.3 is 0 Å². The van der Waals surface area contributed by atoms with Gasteiger partial charge < -0.3 is 34.4 Å². The quantitative estimate of drug-likeness (QED) is 0.237. The Labute approximate surface area is 113 Å². The summed E-state index contributed by atoms with van der Waals surface area (Å²) in [5.41, 5.74) is 33.1. The Morgan fingerprint density at radius 1 is 0.850 bits per heavy atom. The third kappa shape index (κ3) is 1.54. The Balaban J connectivity index is 2.72. The van der Waals surface area contributed by atoms with E-state index in [0.717, 1.165) is 0 Å². The Hall–Kier alpha value is -2.65. The normalized spacial score (nSPS) is 28.0. The number of nitrogens with two attached hydrogens (primary N) is 6. The second-order valence-corrected chi connectivity index (χ2v) is 4.55. The van der Waals surface area contributed by atoms with Crippen LogP contribution in [0.1, 0.15) is 0 Å². The molecule has 13 N–H and O–H groups in total. The van der Waals surface area contributed by atoms with E-state index < -0.39 is 29.4 Å². The summed E-state index contributed by atoms with van der Waals surface area (Å²) < 4.78 is 0. The Morgan fingerprint density at radius 2 is 1.40 bits per heavy atom. The predicted octanol–water partition coefficient (Wildman–Crippen LogP) is -3.62. The standard InChI is InChI=1S/C11H15N7O2/c12-3-1(4(13)9(18)11(20)8(3)17)2-5(14)7(16)10(19)6(2)15/h6-7,17H,12-16,18H2. The maximum absolute atomic E-state index is 11.8. The third-order valence-electron chi connectivity index (χ3n) is 3.41. The summed E-state index contributed by atoms with van der Waals surface area (Å²) in [5.74, 6) is -1.28. The average Bonchev–Trinajstić information content (AvgIpc) is 2.61. The van der Waals surface area contributed by atoms with Crippen LogP contribution in [0.3, 0.4) is 0 Å². The minimum atomic E-state index is -1.12. The molecular weight excluding hydrogens is 262 g/mol. The summed E-state index contributed by atoms with van der Waals surface area (Å²) in [4.78, 5) is 23.4. The Bertz CT molecular complexity index is 656. The fourth-order valence-electron chi connectivity index (χ4n) is 2.21. The van der Waals surface area contributed by atoms with Crippen LogP contribution < -0.4 is 34.4 Å². The molecule has 0 radical (unpaired) electrons. The highest BCUT2D eigenvalue weighted by atomic mass is 16.1. The van der Waals surface area contributed by atoms with Crippen molar-refractivity contribution >= 4 is 17.3 Å². The van der Waals surface area contributed by atoms with Gasteiger partial charge in [0.15, 0.2) is 5.78 Å². The summed E-state index contributed by atoms with van der Waals surface area (Å²) in [6.45, 7) is 0. The number of hydrogen-bond acceptors (Lipinski definition) is 9. The van der Waals surface area contributed by atoms with E-state index in [-0.39, 0.29) is 33.9 Å². The van der Waals surface area contributed by atoms with Crippen LogP contribution in [-0.2, 0) is 9.59 Å². The highest BCUT2D eigenvalue weighted by molar-refractivity contribution is 6.51. The second kappa shape index (κ2) is 4.18. The van der Waals surface area contributed by atoms with Crippen molar-refractivity contribution in [3.05, 3.63) is 33.9 Å². The molecule has 0 saturated carbocycles. The number of carbonyl (C=O) groups is 2. The van der Waals surface area contributed by atoms with E-state index in [1.807, 2.05) is 0 Å². The van der Waals surface area contributed by atoms with Crippen molar-refractivity contribution in [1.82, 2.24) is 0 Å². The average molecular weight is 277 g/mol. The van der Waals surface area contributed by atoms with Gasteiger partial charge in [0.1, 0.15) is 17.5 Å². The van der Waals surface area contributed by atoms with Crippen molar-refractivity contribution in [1.29, 1.82) is 5.41 Å². The van der Waals surface area contributed by atoms with Crippen molar-refractivity contribution in [2.45, 2.75) is 12.1 Å². The monoisotopic (exact) mass is 277 g/mol. The van der Waals surface area contributed by atoms with Gasteiger partial charge in [-0.05, 0) is 0 Å². The Morgan fingerprint density at radius 3 is 1.85 bits per heavy atom. The molecule has 9 heteroatoms. The number of allylic oxidation sites excluding steroid dienone is 3. The summed E-state index contributed by atoms with van der Waals surface area (Å²) in [6, 6.07) is -2.19. The summed E-state index contributed by atoms with van der Waals surface area (Å²) in [7, 11) is 0. The first kappa shape index (κ1) is 13.8. The lowest BCUT2D eigenvalue weighted by molar-refractivity contribution is -0.119. The van der Waals surface area contributed by atoms with E-state index in [2.05, 4.69) is 0 Å². The lowest BCUT2D eigenvalue weighted by Gasteiger charge is -2.22. The zero-order valence-electron chi connectivity index (χ0n) is 10.4. The molecular formula is C11H15N7O2. The molecule has 2 rings (SSSR count). The summed E-state index contributed by atoms with van der Waals surface area (Å²) in [5, 5.41) is 7.63. The van der Waals surface area contributed by atoms with E-state index in [9.17, 15) is 9.59 Å². The highest BCUT2D eigenvalue weighted by Crippen LogP contribution is 2.32. The van der Waals surface area contributed by atoms with Gasteiger partial charge in [0, 0.05) is 16.8 Å². The van der Waals surface area contributed by atoms with E-state index in [1.54, 1.807) is 0 Å². The van der Waals surface area contributed by atoms with Crippen molar-refractivity contribution in [2.24, 2.45) is 34.4 Å². The lowest BCUT2D eigenvalue weighted by Crippen LogP contribution is -2.40. The van der Waals surface area contributed by atoms with Gasteiger partial charge in [0.25, 0.3) is 0 Å². The van der Waals surface area contributed by atoms with Gasteiger partial charge in [-0.1, -0.05) is 0 Å². The van der Waals surface area contributed by atoms with Gasteiger partial charge in [-0.3, -0.25) is 15.0 Å². The molecule has 9 nitrogen and oxygen atoms in total. The molecule has 2 aliphatic rings. The molecule has 0 aromatic carbocycles. The largest absolute Gasteiger partial charge is 0.400 e. The number of rotatable bonds is 1. The first-order chi connectivity index (χ1) is 9.20. The molecule has 0 aliphatic heterocycles. The SMILES string of the molecule is N=C1C(=O)C(N)=C(N)C(C2=C(N)C(N)C(=O)C2N)=C1N. The molecule has 0 bridgehead atoms. The smallest absolute Gasteiger partial charge is 0.230 e. The van der Waals surface area contributed by atoms with Crippen LogP contribution in [0.4, 0.5) is 0 Å². The summed E-state index contributed by atoms with van der Waals surface area (Å²) in [6.07, 6.45) is 0. The molecule has 0 amide bonds. The van der Waals surface area contributed by atoms with Crippen LogP contribution in [0, 0.1) is 5.41 Å². The van der Waals surface area contributed by atoms with E-state index in [1.165, 1.54) is 0 Å². The van der Waals surface area contributed by atoms with Crippen molar-refractivity contribution in [2.75, 3.05) is 0 Å². The second-order valence-electron chi connectivity index (χ2n) is 4.55. The van der Waals surface area contributed by atoms with E-state index in [0.29, 0.717) is 0 Å². The van der Waals surface area contributed by atoms with Gasteiger partial charge in [0.2, 0.25) is 5.78 Å². The number of hydrogen-bond donors (Lipinski definition) is 7. The van der Waals surface area contributed by atoms with Crippen molar-refractivity contribution in [3.63, 3.8) is 0 Å². The van der Waals surface area contributed by atoms with Crippen LogP contribution in [-0.4, -0.2) is 29.4 Å². The Kier molecular flexibility index (Phi) is 2.88. The third-order valence-corrected chi connectivity index (χ3v) is 3.41. The number of Topliss-reactive ketones (excluding diaryl/α,β-unsaturated/α-hetero) is 2. The molecule has 0 spiro atoms. The minimum absolute atomic E-state index is 0.0124. The topological polar surface area (TPSA) is 214 Å². The maximum atomic E-state index is 11.8. The van der Waals surface area contributed by atoms with Crippen LogP contribution in [0.15, 0.2) is 33.9 Å².